The standard InChI is InChI=1S/C28H23N5O2S/c1-17-12-18(2)14-19(13-17)33-27(35)20-8-4-5-9-22(20)31-28(33)36-16-25(34)21(15-29)26-30-23-10-6-7-11-24(23)32(26)3/h4-14,34H,16H2,1-3H3/b25-21-. The SMILES string of the molecule is Cc1cc(C)cc(-n2c(SC/C(O)=C(\C#N)c3nc4ccccc4n3C)nc3ccccc3c2=O)c1. The van der Waals surface area contributed by atoms with E-state index in [1.54, 1.807) is 21.3 Å². The van der Waals surface area contributed by atoms with Crippen LogP contribution in [0.25, 0.3) is 33.2 Å². The van der Waals surface area contributed by atoms with Gasteiger partial charge in [0.05, 0.1) is 33.4 Å². The van der Waals surface area contributed by atoms with Gasteiger partial charge in [0.2, 0.25) is 0 Å². The van der Waals surface area contributed by atoms with Crippen LogP contribution in [0.15, 0.2) is 82.4 Å². The number of allylic oxidation sites excluding steroid dienone is 1. The zero-order valence-electron chi connectivity index (χ0n) is 20.1. The van der Waals surface area contributed by atoms with E-state index in [1.165, 1.54) is 11.8 Å². The lowest BCUT2D eigenvalue weighted by atomic mass is 10.1. The number of para-hydroxylation sites is 3. The minimum atomic E-state index is -0.188. The summed E-state index contributed by atoms with van der Waals surface area (Å²) in [4.78, 5) is 22.8. The predicted molar refractivity (Wildman–Crippen MR) is 143 cm³/mol. The molecule has 0 aliphatic rings. The van der Waals surface area contributed by atoms with Crippen molar-refractivity contribution in [2.45, 2.75) is 19.0 Å². The Hall–Kier alpha value is -4.35. The molecule has 5 rings (SSSR count). The number of nitriles is 1. The number of rotatable bonds is 5. The summed E-state index contributed by atoms with van der Waals surface area (Å²) in [6, 6.07) is 22.8. The first kappa shape index (κ1) is 23.4. The Morgan fingerprint density at radius 1 is 1.00 bits per heavy atom. The first-order valence-corrected chi connectivity index (χ1v) is 12.3. The largest absolute Gasteiger partial charge is 0.510 e. The lowest BCUT2D eigenvalue weighted by Gasteiger charge is -2.14. The van der Waals surface area contributed by atoms with E-state index in [0.29, 0.717) is 27.6 Å². The lowest BCUT2D eigenvalue weighted by Crippen LogP contribution is -2.22. The maximum atomic E-state index is 13.5. The number of fused-ring (bicyclic) bond motifs is 2. The maximum absolute atomic E-state index is 13.5. The molecule has 0 bridgehead atoms. The molecule has 0 saturated carbocycles. The molecule has 0 radical (unpaired) electrons. The molecule has 5 aromatic rings. The summed E-state index contributed by atoms with van der Waals surface area (Å²) in [6.45, 7) is 3.96. The normalized spacial score (nSPS) is 12.1. The van der Waals surface area contributed by atoms with Gasteiger partial charge >= 0.3 is 0 Å². The van der Waals surface area contributed by atoms with Crippen molar-refractivity contribution in [2.24, 2.45) is 7.05 Å². The van der Waals surface area contributed by atoms with E-state index in [9.17, 15) is 15.2 Å². The number of aliphatic hydroxyl groups excluding tert-OH is 1. The van der Waals surface area contributed by atoms with Crippen LogP contribution < -0.4 is 5.56 Å². The van der Waals surface area contributed by atoms with E-state index in [2.05, 4.69) is 11.1 Å². The molecule has 0 unspecified atom stereocenters. The average Bonchev–Trinajstić information content (AvgIpc) is 3.19. The maximum Gasteiger partial charge on any atom is 0.266 e. The van der Waals surface area contributed by atoms with Crippen LogP contribution in [0.5, 0.6) is 0 Å². The van der Waals surface area contributed by atoms with Gasteiger partial charge in [0.1, 0.15) is 17.4 Å². The zero-order valence-corrected chi connectivity index (χ0v) is 20.9. The average molecular weight is 494 g/mol. The van der Waals surface area contributed by atoms with Crippen molar-refractivity contribution in [3.8, 4) is 11.8 Å². The molecule has 178 valence electrons. The molecular weight excluding hydrogens is 470 g/mol. The van der Waals surface area contributed by atoms with Gasteiger partial charge in [-0.2, -0.15) is 5.26 Å². The molecule has 1 N–H and O–H groups in total. The highest BCUT2D eigenvalue weighted by atomic mass is 32.2. The molecule has 0 fully saturated rings. The monoisotopic (exact) mass is 493 g/mol. The van der Waals surface area contributed by atoms with Crippen LogP contribution in [0.2, 0.25) is 0 Å². The second kappa shape index (κ2) is 9.36. The minimum Gasteiger partial charge on any atom is -0.510 e. The van der Waals surface area contributed by atoms with Gasteiger partial charge in [-0.1, -0.05) is 42.1 Å². The summed E-state index contributed by atoms with van der Waals surface area (Å²) < 4.78 is 3.36. The molecule has 0 aliphatic carbocycles. The Bertz CT molecular complexity index is 1750. The summed E-state index contributed by atoms with van der Waals surface area (Å²) >= 11 is 1.20. The minimum absolute atomic E-state index is 0.0433. The Labute approximate surface area is 212 Å². The number of imidazole rings is 1. The Morgan fingerprint density at radius 2 is 1.67 bits per heavy atom. The van der Waals surface area contributed by atoms with Crippen LogP contribution in [-0.4, -0.2) is 30.0 Å². The van der Waals surface area contributed by atoms with Gasteiger partial charge in [-0.05, 0) is 61.4 Å². The second-order valence-electron chi connectivity index (χ2n) is 8.60. The topological polar surface area (TPSA) is 96.7 Å². The van der Waals surface area contributed by atoms with Crippen LogP contribution in [0, 0.1) is 25.2 Å². The van der Waals surface area contributed by atoms with Crippen molar-refractivity contribution in [2.75, 3.05) is 5.75 Å². The molecular formula is C28H23N5O2S. The number of hydrogen-bond acceptors (Lipinski definition) is 6. The zero-order chi connectivity index (χ0) is 25.4. The Kier molecular flexibility index (Phi) is 6.08. The van der Waals surface area contributed by atoms with Crippen molar-refractivity contribution in [3.05, 3.63) is 99.8 Å². The molecule has 36 heavy (non-hydrogen) atoms. The molecule has 0 aliphatic heterocycles. The van der Waals surface area contributed by atoms with Gasteiger partial charge in [0.25, 0.3) is 5.56 Å². The van der Waals surface area contributed by atoms with Gasteiger partial charge < -0.3 is 9.67 Å². The van der Waals surface area contributed by atoms with E-state index in [1.807, 2.05) is 75.5 Å². The van der Waals surface area contributed by atoms with Crippen LogP contribution in [0.1, 0.15) is 17.0 Å². The summed E-state index contributed by atoms with van der Waals surface area (Å²) in [7, 11) is 1.81. The fraction of sp³-hybridized carbons (Fsp3) is 0.143. The number of aliphatic hydroxyl groups is 1. The van der Waals surface area contributed by atoms with Crippen molar-refractivity contribution in [3.63, 3.8) is 0 Å². The van der Waals surface area contributed by atoms with Gasteiger partial charge in [-0.3, -0.25) is 9.36 Å². The van der Waals surface area contributed by atoms with E-state index in [0.717, 1.165) is 22.2 Å². The van der Waals surface area contributed by atoms with Crippen molar-refractivity contribution in [1.82, 2.24) is 19.1 Å². The summed E-state index contributed by atoms with van der Waals surface area (Å²) in [5.41, 5.74) is 4.83. The third-order valence-electron chi connectivity index (χ3n) is 5.96. The third-order valence-corrected chi connectivity index (χ3v) is 6.91. The molecule has 0 spiro atoms. The molecule has 7 nitrogen and oxygen atoms in total. The fourth-order valence-corrected chi connectivity index (χ4v) is 5.22. The number of benzene rings is 3. The van der Waals surface area contributed by atoms with Crippen molar-refractivity contribution in [1.29, 1.82) is 5.26 Å². The van der Waals surface area contributed by atoms with Gasteiger partial charge in [0, 0.05) is 7.05 Å². The van der Waals surface area contributed by atoms with E-state index >= 15 is 0 Å². The second-order valence-corrected chi connectivity index (χ2v) is 9.55. The van der Waals surface area contributed by atoms with Crippen LogP contribution in [-0.2, 0) is 7.05 Å². The first-order chi connectivity index (χ1) is 17.4. The number of thioether (sulfide) groups is 1. The number of aromatic nitrogens is 4. The van der Waals surface area contributed by atoms with Crippen molar-refractivity contribution < 1.29 is 5.11 Å². The number of hydrogen-bond donors (Lipinski definition) is 1. The highest BCUT2D eigenvalue weighted by Crippen LogP contribution is 2.27. The molecule has 2 heterocycles. The molecule has 0 atom stereocenters. The lowest BCUT2D eigenvalue weighted by molar-refractivity contribution is 0.420. The van der Waals surface area contributed by atoms with Gasteiger partial charge in [-0.25, -0.2) is 9.97 Å². The molecule has 0 saturated heterocycles. The number of nitrogens with zero attached hydrogens (tertiary/aromatic N) is 5. The quantitative estimate of drug-likeness (QED) is 0.151. The smallest absolute Gasteiger partial charge is 0.266 e. The van der Waals surface area contributed by atoms with Gasteiger partial charge in [-0.15, -0.1) is 0 Å². The summed E-state index contributed by atoms with van der Waals surface area (Å²) in [5, 5.41) is 21.8. The summed E-state index contributed by atoms with van der Waals surface area (Å²) in [5.74, 6) is 0.298. The van der Waals surface area contributed by atoms with E-state index in [4.69, 9.17) is 4.98 Å². The molecule has 8 heteroatoms. The first-order valence-electron chi connectivity index (χ1n) is 11.3. The molecule has 0 amide bonds. The van der Waals surface area contributed by atoms with E-state index < -0.39 is 0 Å². The number of aryl methyl sites for hydroxylation is 3. The van der Waals surface area contributed by atoms with Crippen LogP contribution in [0.3, 0.4) is 0 Å². The third kappa shape index (κ3) is 4.14. The van der Waals surface area contributed by atoms with Crippen LogP contribution in [0.4, 0.5) is 0 Å². The van der Waals surface area contributed by atoms with E-state index in [-0.39, 0.29) is 22.6 Å². The highest BCUT2D eigenvalue weighted by Gasteiger charge is 2.19. The Balaban J connectivity index is 1.60. The van der Waals surface area contributed by atoms with Gasteiger partial charge in [0.15, 0.2) is 11.0 Å². The Morgan fingerprint density at radius 3 is 2.36 bits per heavy atom. The highest BCUT2D eigenvalue weighted by molar-refractivity contribution is 7.99. The fourth-order valence-electron chi connectivity index (χ4n) is 4.33. The molecule has 2 aromatic heterocycles. The van der Waals surface area contributed by atoms with Crippen molar-refractivity contribution >= 4 is 39.3 Å². The molecule has 3 aromatic carbocycles. The predicted octanol–water partition coefficient (Wildman–Crippen LogP) is 5.47. The van der Waals surface area contributed by atoms with Crippen LogP contribution >= 0.6 is 11.8 Å². The summed E-state index contributed by atoms with van der Waals surface area (Å²) in [6.07, 6.45) is 0.